The molecule has 0 atom stereocenters. The van der Waals surface area contributed by atoms with Crippen LogP contribution in [0.5, 0.6) is 0 Å². The summed E-state index contributed by atoms with van der Waals surface area (Å²) in [6.45, 7) is 1.16. The molecule has 0 fully saturated rings. The molecule has 0 aliphatic carbocycles. The summed E-state index contributed by atoms with van der Waals surface area (Å²) < 4.78 is 14.5. The van der Waals surface area contributed by atoms with Gasteiger partial charge in [-0.2, -0.15) is 0 Å². The van der Waals surface area contributed by atoms with Crippen LogP contribution in [-0.4, -0.2) is 17.1 Å². The molecular weight excluding hydrogens is 136 g/mol. The second kappa shape index (κ2) is 2.36. The molecule has 0 N–H and O–H groups in total. The molecule has 5 heteroatoms. The summed E-state index contributed by atoms with van der Waals surface area (Å²) in [6, 6.07) is 0. The van der Waals surface area contributed by atoms with Gasteiger partial charge in [0, 0.05) is 0 Å². The fourth-order valence-electron chi connectivity index (χ4n) is 0.779. The van der Waals surface area contributed by atoms with Gasteiger partial charge >= 0.3 is 0 Å². The summed E-state index contributed by atoms with van der Waals surface area (Å²) in [7, 11) is 0. The van der Waals surface area contributed by atoms with Crippen LogP contribution in [0.1, 0.15) is 11.4 Å². The number of rotatable bonds is 0. The fourth-order valence-corrected chi connectivity index (χ4v) is 0.779. The predicted octanol–water partition coefficient (Wildman–Crippen LogP) is 0.0739. The van der Waals surface area contributed by atoms with Gasteiger partial charge in [0.25, 0.3) is 0 Å². The Morgan fingerprint density at radius 2 is 1.60 bits per heavy atom. The molecule has 1 aliphatic rings. The van der Waals surface area contributed by atoms with E-state index >= 15 is 0 Å². The van der Waals surface area contributed by atoms with E-state index in [4.69, 9.17) is 9.47 Å². The van der Waals surface area contributed by atoms with E-state index in [-0.39, 0.29) is 0 Å². The maximum Gasteiger partial charge on any atom is 0.147 e. The average Bonchev–Trinajstić information content (AvgIpc) is 2.28. The molecule has 0 saturated heterocycles. The molecule has 0 spiro atoms. The summed E-state index contributed by atoms with van der Waals surface area (Å²) in [4.78, 5) is 0. The lowest BCUT2D eigenvalue weighted by molar-refractivity contribution is -0.0619. The van der Waals surface area contributed by atoms with Crippen LogP contribution in [0.2, 0.25) is 0 Å². The first-order valence-electron chi connectivity index (χ1n) is 2.92. The Labute approximate surface area is 56.9 Å². The highest BCUT2D eigenvalue weighted by atomic mass is 16.7. The molecule has 54 valence electrons. The third-order valence-corrected chi connectivity index (χ3v) is 1.28. The Morgan fingerprint density at radius 3 is 2.20 bits per heavy atom. The van der Waals surface area contributed by atoms with E-state index in [1.165, 1.54) is 0 Å². The van der Waals surface area contributed by atoms with Crippen molar-refractivity contribution >= 4 is 0 Å². The lowest BCUT2D eigenvalue weighted by atomic mass is 10.3. The molecule has 5 nitrogen and oxygen atoms in total. The molecule has 2 heterocycles. The third kappa shape index (κ3) is 0.891. The van der Waals surface area contributed by atoms with E-state index in [9.17, 15) is 0 Å². The molecule has 0 aromatic carbocycles. The summed E-state index contributed by atoms with van der Waals surface area (Å²) in [5.41, 5.74) is 1.47. The van der Waals surface area contributed by atoms with Crippen LogP contribution < -0.4 is 0 Å². The Balaban J connectivity index is 2.28. The van der Waals surface area contributed by atoms with E-state index in [1.807, 2.05) is 0 Å². The van der Waals surface area contributed by atoms with Crippen LogP contribution in [-0.2, 0) is 22.7 Å². The van der Waals surface area contributed by atoms with E-state index in [0.717, 1.165) is 11.4 Å². The minimum Gasteiger partial charge on any atom is -0.349 e. The molecule has 10 heavy (non-hydrogen) atoms. The fraction of sp³-hybridized carbons (Fsp3) is 0.600. The highest BCUT2D eigenvalue weighted by Crippen LogP contribution is 2.09. The van der Waals surface area contributed by atoms with Crippen LogP contribution in [0, 0.1) is 0 Å². The zero-order chi connectivity index (χ0) is 6.81. The normalized spacial score (nSPS) is 18.0. The van der Waals surface area contributed by atoms with Crippen molar-refractivity contribution in [2.24, 2.45) is 0 Å². The van der Waals surface area contributed by atoms with Crippen molar-refractivity contribution in [3.63, 3.8) is 0 Å². The number of nitrogens with zero attached hydrogens (tertiary/aromatic N) is 2. The monoisotopic (exact) mass is 142 g/mol. The number of aromatic nitrogens is 2. The van der Waals surface area contributed by atoms with Crippen molar-refractivity contribution in [2.45, 2.75) is 13.2 Å². The van der Waals surface area contributed by atoms with Crippen molar-refractivity contribution in [3.05, 3.63) is 11.4 Å². The zero-order valence-electron chi connectivity index (χ0n) is 5.24. The minimum absolute atomic E-state index is 0.304. The molecule has 0 saturated carbocycles. The van der Waals surface area contributed by atoms with E-state index in [0.29, 0.717) is 20.0 Å². The van der Waals surface area contributed by atoms with Crippen LogP contribution in [0.25, 0.3) is 0 Å². The maximum atomic E-state index is 4.99. The minimum atomic E-state index is 0.304. The van der Waals surface area contributed by atoms with Gasteiger partial charge in [-0.25, -0.2) is 4.63 Å². The zero-order valence-corrected chi connectivity index (χ0v) is 5.24. The van der Waals surface area contributed by atoms with Crippen LogP contribution in [0.3, 0.4) is 0 Å². The molecular formula is C5H6N2O3. The van der Waals surface area contributed by atoms with Gasteiger partial charge in [-0.15, -0.1) is 0 Å². The quantitative estimate of drug-likeness (QED) is 0.513. The van der Waals surface area contributed by atoms with Gasteiger partial charge in [0.15, 0.2) is 0 Å². The van der Waals surface area contributed by atoms with E-state index in [2.05, 4.69) is 14.9 Å². The Bertz CT molecular complexity index is 202. The van der Waals surface area contributed by atoms with Gasteiger partial charge in [0.1, 0.15) is 18.2 Å². The highest BCUT2D eigenvalue weighted by molar-refractivity contribution is 5.04. The number of fused-ring (bicyclic) bond motifs is 1. The summed E-state index contributed by atoms with van der Waals surface area (Å²) in [5, 5.41) is 7.25. The summed E-state index contributed by atoms with van der Waals surface area (Å²) in [6.07, 6.45) is 0. The topological polar surface area (TPSA) is 57.4 Å². The number of hydrogen-bond donors (Lipinski definition) is 0. The van der Waals surface area contributed by atoms with Gasteiger partial charge in [0.05, 0.1) is 13.2 Å². The van der Waals surface area contributed by atoms with E-state index < -0.39 is 0 Å². The molecule has 0 unspecified atom stereocenters. The second-order valence-electron chi connectivity index (χ2n) is 1.97. The second-order valence-corrected chi connectivity index (χ2v) is 1.97. The van der Waals surface area contributed by atoms with Crippen molar-refractivity contribution in [1.82, 2.24) is 10.3 Å². The van der Waals surface area contributed by atoms with Gasteiger partial charge < -0.3 is 9.47 Å². The number of hydrogen-bond acceptors (Lipinski definition) is 5. The Hall–Kier alpha value is -0.940. The van der Waals surface area contributed by atoms with Crippen molar-refractivity contribution in [1.29, 1.82) is 0 Å². The van der Waals surface area contributed by atoms with Gasteiger partial charge in [-0.05, 0) is 0 Å². The first kappa shape index (κ1) is 5.82. The molecule has 0 bridgehead atoms. The number of ether oxygens (including phenoxy) is 2. The van der Waals surface area contributed by atoms with Crippen molar-refractivity contribution in [3.8, 4) is 0 Å². The summed E-state index contributed by atoms with van der Waals surface area (Å²) >= 11 is 0. The molecule has 1 aliphatic heterocycles. The predicted molar refractivity (Wildman–Crippen MR) is 28.7 cm³/mol. The SMILES string of the molecule is C1OCc2nonc2CO1. The first-order chi connectivity index (χ1) is 4.97. The smallest absolute Gasteiger partial charge is 0.147 e. The summed E-state index contributed by atoms with van der Waals surface area (Å²) in [5.74, 6) is 0. The van der Waals surface area contributed by atoms with Crippen molar-refractivity contribution < 1.29 is 14.1 Å². The van der Waals surface area contributed by atoms with Crippen molar-refractivity contribution in [2.75, 3.05) is 6.79 Å². The Kier molecular flexibility index (Phi) is 1.37. The van der Waals surface area contributed by atoms with E-state index in [1.54, 1.807) is 0 Å². The maximum absolute atomic E-state index is 4.99. The Morgan fingerprint density at radius 1 is 1.00 bits per heavy atom. The molecule has 0 radical (unpaired) electrons. The van der Waals surface area contributed by atoms with Gasteiger partial charge in [-0.1, -0.05) is 10.3 Å². The van der Waals surface area contributed by atoms with Crippen LogP contribution in [0.4, 0.5) is 0 Å². The molecule has 2 rings (SSSR count). The molecule has 1 aromatic rings. The lowest BCUT2D eigenvalue weighted by Gasteiger charge is -1.94. The first-order valence-corrected chi connectivity index (χ1v) is 2.92. The van der Waals surface area contributed by atoms with Gasteiger partial charge in [-0.3, -0.25) is 0 Å². The van der Waals surface area contributed by atoms with Crippen LogP contribution >= 0.6 is 0 Å². The van der Waals surface area contributed by atoms with Crippen LogP contribution in [0.15, 0.2) is 4.63 Å². The average molecular weight is 142 g/mol. The molecule has 1 aromatic heterocycles. The molecule has 0 amide bonds. The lowest BCUT2D eigenvalue weighted by Crippen LogP contribution is -1.93. The third-order valence-electron chi connectivity index (χ3n) is 1.28. The highest BCUT2D eigenvalue weighted by Gasteiger charge is 2.12. The largest absolute Gasteiger partial charge is 0.349 e. The standard InChI is InChI=1S/C5H6N2O3/c1-4-5(7-10-6-4)2-9-3-8-1/h1-3H2. The van der Waals surface area contributed by atoms with Gasteiger partial charge in [0.2, 0.25) is 0 Å².